The third-order valence-corrected chi connectivity index (χ3v) is 2.46. The molecule has 0 saturated carbocycles. The Labute approximate surface area is 99.5 Å². The van der Waals surface area contributed by atoms with E-state index in [0.29, 0.717) is 6.61 Å². The Morgan fingerprint density at radius 3 is 2.29 bits per heavy atom. The highest BCUT2D eigenvalue weighted by Crippen LogP contribution is 2.27. The maximum atomic E-state index is 11.8. The zero-order chi connectivity index (χ0) is 12.9. The lowest BCUT2D eigenvalue weighted by atomic mass is 9.94. The maximum Gasteiger partial charge on any atom is 0.353 e. The van der Waals surface area contributed by atoms with Crippen molar-refractivity contribution in [2.24, 2.45) is 0 Å². The van der Waals surface area contributed by atoms with Crippen LogP contribution in [0.1, 0.15) is 6.92 Å². The second-order valence-corrected chi connectivity index (χ2v) is 3.38. The number of hydrogen-bond acceptors (Lipinski definition) is 6. The normalized spacial score (nSPS) is 23.4. The molecular formula is C11H16O6. The van der Waals surface area contributed by atoms with Crippen molar-refractivity contribution in [1.82, 2.24) is 0 Å². The van der Waals surface area contributed by atoms with E-state index in [4.69, 9.17) is 9.47 Å². The molecule has 17 heavy (non-hydrogen) atoms. The molecule has 1 aliphatic heterocycles. The minimum Gasteiger partial charge on any atom is -0.466 e. The number of carbonyl (C=O) groups excluding carboxylic acids is 2. The molecule has 1 fully saturated rings. The number of carbonyl (C=O) groups is 2. The summed E-state index contributed by atoms with van der Waals surface area (Å²) in [7, 11) is 2.36. The van der Waals surface area contributed by atoms with Gasteiger partial charge < -0.3 is 18.9 Å². The van der Waals surface area contributed by atoms with Gasteiger partial charge in [0.15, 0.2) is 0 Å². The molecule has 1 saturated heterocycles. The molecule has 0 aromatic heterocycles. The van der Waals surface area contributed by atoms with Gasteiger partial charge in [0.1, 0.15) is 6.10 Å². The molecule has 0 spiro atoms. The number of methoxy groups -OCH3 is 2. The van der Waals surface area contributed by atoms with Crippen LogP contribution in [0, 0.1) is 0 Å². The van der Waals surface area contributed by atoms with Gasteiger partial charge >= 0.3 is 11.9 Å². The average molecular weight is 244 g/mol. The van der Waals surface area contributed by atoms with Gasteiger partial charge in [0.25, 0.3) is 5.60 Å². The van der Waals surface area contributed by atoms with Crippen molar-refractivity contribution >= 4 is 11.9 Å². The Kier molecular flexibility index (Phi) is 4.65. The first kappa shape index (κ1) is 13.7. The number of rotatable bonds is 3. The van der Waals surface area contributed by atoms with Crippen LogP contribution in [0.3, 0.4) is 0 Å². The van der Waals surface area contributed by atoms with Gasteiger partial charge in [-0.3, -0.25) is 0 Å². The maximum absolute atomic E-state index is 11.8. The molecule has 0 N–H and O–H groups in total. The summed E-state index contributed by atoms with van der Waals surface area (Å²) in [5.74, 6) is -1.65. The topological polar surface area (TPSA) is 71.1 Å². The van der Waals surface area contributed by atoms with Crippen molar-refractivity contribution in [3.8, 4) is 0 Å². The fourth-order valence-electron chi connectivity index (χ4n) is 1.68. The van der Waals surface area contributed by atoms with Gasteiger partial charge in [-0.1, -0.05) is 12.2 Å². The van der Waals surface area contributed by atoms with Crippen LogP contribution in [0.2, 0.25) is 0 Å². The molecule has 6 nitrogen and oxygen atoms in total. The first-order chi connectivity index (χ1) is 8.13. The molecule has 0 aromatic carbocycles. The van der Waals surface area contributed by atoms with E-state index >= 15 is 0 Å². The summed E-state index contributed by atoms with van der Waals surface area (Å²) < 4.78 is 19.9. The van der Waals surface area contributed by atoms with Crippen LogP contribution in [-0.2, 0) is 28.5 Å². The van der Waals surface area contributed by atoms with E-state index in [9.17, 15) is 9.59 Å². The van der Waals surface area contributed by atoms with E-state index in [2.05, 4.69) is 9.47 Å². The van der Waals surface area contributed by atoms with Gasteiger partial charge in [-0.15, -0.1) is 0 Å². The Balaban J connectivity index is 3.16. The molecule has 0 aromatic rings. The molecular weight excluding hydrogens is 228 g/mol. The summed E-state index contributed by atoms with van der Waals surface area (Å²) in [4.78, 5) is 23.6. The summed E-state index contributed by atoms with van der Waals surface area (Å²) in [6.45, 7) is 2.17. The molecule has 1 unspecified atom stereocenters. The van der Waals surface area contributed by atoms with Gasteiger partial charge in [0.05, 0.1) is 27.4 Å². The number of esters is 2. The van der Waals surface area contributed by atoms with Gasteiger partial charge in [-0.05, 0) is 6.92 Å². The van der Waals surface area contributed by atoms with Crippen molar-refractivity contribution in [3.63, 3.8) is 0 Å². The van der Waals surface area contributed by atoms with Crippen molar-refractivity contribution in [2.75, 3.05) is 27.4 Å². The Morgan fingerprint density at radius 2 is 1.82 bits per heavy atom. The Bertz CT molecular complexity index is 306. The fourth-order valence-corrected chi connectivity index (χ4v) is 1.68. The van der Waals surface area contributed by atoms with Crippen LogP contribution in [-0.4, -0.2) is 51.1 Å². The summed E-state index contributed by atoms with van der Waals surface area (Å²) in [5.41, 5.74) is -1.87. The van der Waals surface area contributed by atoms with Crippen molar-refractivity contribution in [2.45, 2.75) is 18.6 Å². The van der Waals surface area contributed by atoms with Gasteiger partial charge in [-0.25, -0.2) is 9.59 Å². The van der Waals surface area contributed by atoms with E-state index in [1.807, 2.05) is 0 Å². The van der Waals surface area contributed by atoms with Crippen molar-refractivity contribution < 1.29 is 28.5 Å². The molecule has 6 heteroatoms. The summed E-state index contributed by atoms with van der Waals surface area (Å²) in [6.07, 6.45) is 2.38. The SMILES string of the molecule is C/C=C/C1OCCOC1(C(=O)OC)C(=O)OC. The fraction of sp³-hybridized carbons (Fsp3) is 0.636. The average Bonchev–Trinajstić information content (AvgIpc) is 2.38. The highest BCUT2D eigenvalue weighted by atomic mass is 16.6. The highest BCUT2D eigenvalue weighted by molar-refractivity contribution is 6.05. The third kappa shape index (κ3) is 2.32. The molecule has 1 heterocycles. The van der Waals surface area contributed by atoms with E-state index in [-0.39, 0.29) is 6.61 Å². The first-order valence-corrected chi connectivity index (χ1v) is 5.18. The lowest BCUT2D eigenvalue weighted by Crippen LogP contribution is -2.62. The summed E-state index contributed by atoms with van der Waals surface area (Å²) in [6, 6.07) is 0. The summed E-state index contributed by atoms with van der Waals surface area (Å²) in [5, 5.41) is 0. The van der Waals surface area contributed by atoms with Crippen LogP contribution in [0.25, 0.3) is 0 Å². The van der Waals surface area contributed by atoms with Crippen LogP contribution >= 0.6 is 0 Å². The standard InChI is InChI=1S/C11H16O6/c1-4-5-8-11(9(12)14-2,10(13)15-3)17-7-6-16-8/h4-5,8H,6-7H2,1-3H3/b5-4+. The number of allylic oxidation sites excluding steroid dienone is 1. The monoisotopic (exact) mass is 244 g/mol. The second kappa shape index (κ2) is 5.79. The molecule has 0 radical (unpaired) electrons. The molecule has 0 amide bonds. The molecule has 1 atom stereocenters. The van der Waals surface area contributed by atoms with E-state index in [1.54, 1.807) is 19.1 Å². The molecule has 0 aliphatic carbocycles. The number of ether oxygens (including phenoxy) is 4. The van der Waals surface area contributed by atoms with Crippen LogP contribution < -0.4 is 0 Å². The predicted molar refractivity (Wildman–Crippen MR) is 57.3 cm³/mol. The third-order valence-electron chi connectivity index (χ3n) is 2.46. The molecule has 96 valence electrons. The molecule has 1 rings (SSSR count). The first-order valence-electron chi connectivity index (χ1n) is 5.18. The molecule has 0 bridgehead atoms. The summed E-state index contributed by atoms with van der Waals surface area (Å²) >= 11 is 0. The molecule has 1 aliphatic rings. The Morgan fingerprint density at radius 1 is 1.24 bits per heavy atom. The lowest BCUT2D eigenvalue weighted by molar-refractivity contribution is -0.222. The largest absolute Gasteiger partial charge is 0.466 e. The number of hydrogen-bond donors (Lipinski definition) is 0. The van der Waals surface area contributed by atoms with Crippen LogP contribution in [0.4, 0.5) is 0 Å². The van der Waals surface area contributed by atoms with Crippen molar-refractivity contribution in [1.29, 1.82) is 0 Å². The van der Waals surface area contributed by atoms with E-state index < -0.39 is 23.6 Å². The zero-order valence-corrected chi connectivity index (χ0v) is 10.1. The van der Waals surface area contributed by atoms with E-state index in [0.717, 1.165) is 0 Å². The quantitative estimate of drug-likeness (QED) is 0.397. The minimum atomic E-state index is -1.87. The van der Waals surface area contributed by atoms with Gasteiger partial charge in [0, 0.05) is 0 Å². The lowest BCUT2D eigenvalue weighted by Gasteiger charge is -2.37. The van der Waals surface area contributed by atoms with Gasteiger partial charge in [0.2, 0.25) is 0 Å². The zero-order valence-electron chi connectivity index (χ0n) is 10.1. The predicted octanol–water partition coefficient (Wildman–Crippen LogP) is 0.0627. The van der Waals surface area contributed by atoms with Crippen LogP contribution in [0.5, 0.6) is 0 Å². The second-order valence-electron chi connectivity index (χ2n) is 3.38. The highest BCUT2D eigenvalue weighted by Gasteiger charge is 2.58. The van der Waals surface area contributed by atoms with Crippen LogP contribution in [0.15, 0.2) is 12.2 Å². The van der Waals surface area contributed by atoms with Gasteiger partial charge in [-0.2, -0.15) is 0 Å². The minimum absolute atomic E-state index is 0.123. The van der Waals surface area contributed by atoms with E-state index in [1.165, 1.54) is 14.2 Å². The smallest absolute Gasteiger partial charge is 0.353 e. The Hall–Kier alpha value is -1.40. The van der Waals surface area contributed by atoms with Crippen molar-refractivity contribution in [3.05, 3.63) is 12.2 Å².